The number of hydrogen-bond donors (Lipinski definition) is 0. The Labute approximate surface area is 108 Å². The van der Waals surface area contributed by atoms with Gasteiger partial charge in [0.25, 0.3) is 0 Å². The molecular formula is C13H21NO4. The predicted molar refractivity (Wildman–Crippen MR) is 67.3 cm³/mol. The molecule has 0 radical (unpaired) electrons. The number of unbranched alkanes of at least 4 members (excludes halogenated alkanes) is 3. The smallest absolute Gasteiger partial charge is 0.305 e. The highest BCUT2D eigenvalue weighted by molar-refractivity contribution is 5.92. The molecule has 0 bridgehead atoms. The lowest BCUT2D eigenvalue weighted by Crippen LogP contribution is -2.17. The fraction of sp³-hybridized carbons (Fsp3) is 0.769. The van der Waals surface area contributed by atoms with Gasteiger partial charge in [-0.25, -0.2) is 0 Å². The average molecular weight is 255 g/mol. The average Bonchev–Trinajstić information content (AvgIpc) is 2.82. The van der Waals surface area contributed by atoms with Crippen LogP contribution in [0.3, 0.4) is 0 Å². The summed E-state index contributed by atoms with van der Waals surface area (Å²) < 4.78 is 4.57. The molecule has 0 amide bonds. The second-order valence-corrected chi connectivity index (χ2v) is 4.56. The van der Waals surface area contributed by atoms with E-state index in [1.54, 1.807) is 0 Å². The molecule has 1 unspecified atom stereocenters. The van der Waals surface area contributed by atoms with Crippen LogP contribution in [-0.2, 0) is 19.2 Å². The molecule has 5 nitrogen and oxygen atoms in total. The van der Waals surface area contributed by atoms with Crippen molar-refractivity contribution in [1.82, 2.24) is 0 Å². The van der Waals surface area contributed by atoms with Crippen LogP contribution in [0.5, 0.6) is 0 Å². The van der Waals surface area contributed by atoms with Crippen molar-refractivity contribution in [2.45, 2.75) is 58.0 Å². The maximum atomic E-state index is 11.1. The first-order valence-electron chi connectivity index (χ1n) is 6.42. The van der Waals surface area contributed by atoms with Gasteiger partial charge in [-0.2, -0.15) is 0 Å². The Balaban J connectivity index is 1.99. The number of rotatable bonds is 8. The fourth-order valence-corrected chi connectivity index (χ4v) is 1.85. The highest BCUT2D eigenvalue weighted by Gasteiger charge is 2.24. The van der Waals surface area contributed by atoms with E-state index in [0.717, 1.165) is 37.8 Å². The van der Waals surface area contributed by atoms with Gasteiger partial charge in [0.1, 0.15) is 0 Å². The molecule has 0 N–H and O–H groups in total. The van der Waals surface area contributed by atoms with Gasteiger partial charge >= 0.3 is 5.97 Å². The lowest BCUT2D eigenvalue weighted by atomic mass is 10.0. The van der Waals surface area contributed by atoms with Crippen LogP contribution in [0, 0.1) is 0 Å². The molecule has 0 aromatic rings. The molecule has 0 saturated heterocycles. The molecule has 102 valence electrons. The number of ketones is 1. The number of ether oxygens (including phenoxy) is 1. The Bertz CT molecular complexity index is 325. The van der Waals surface area contributed by atoms with E-state index in [1.807, 2.05) is 0 Å². The zero-order chi connectivity index (χ0) is 13.4. The van der Waals surface area contributed by atoms with E-state index in [4.69, 9.17) is 4.84 Å². The zero-order valence-corrected chi connectivity index (χ0v) is 11.1. The third-order valence-electron chi connectivity index (χ3n) is 3.01. The van der Waals surface area contributed by atoms with Gasteiger partial charge < -0.3 is 9.57 Å². The van der Waals surface area contributed by atoms with Crippen molar-refractivity contribution in [3.05, 3.63) is 0 Å². The van der Waals surface area contributed by atoms with E-state index in [1.165, 1.54) is 14.0 Å². The lowest BCUT2D eigenvalue weighted by Gasteiger charge is -2.02. The highest BCUT2D eigenvalue weighted by Crippen LogP contribution is 2.16. The van der Waals surface area contributed by atoms with Gasteiger partial charge in [0.05, 0.1) is 12.8 Å². The lowest BCUT2D eigenvalue weighted by molar-refractivity contribution is -0.140. The Morgan fingerprint density at radius 3 is 2.67 bits per heavy atom. The first-order valence-corrected chi connectivity index (χ1v) is 6.42. The van der Waals surface area contributed by atoms with E-state index >= 15 is 0 Å². The summed E-state index contributed by atoms with van der Waals surface area (Å²) in [5.41, 5.74) is 0.975. The summed E-state index contributed by atoms with van der Waals surface area (Å²) in [6.45, 7) is 1.52. The minimum absolute atomic E-state index is 0.0341. The molecule has 1 aliphatic heterocycles. The second-order valence-electron chi connectivity index (χ2n) is 4.56. The molecule has 0 fully saturated rings. The summed E-state index contributed by atoms with van der Waals surface area (Å²) in [5.74, 6) is -0.111. The summed E-state index contributed by atoms with van der Waals surface area (Å²) in [7, 11) is 1.41. The minimum Gasteiger partial charge on any atom is -0.469 e. The molecule has 1 rings (SSSR count). The summed E-state index contributed by atoms with van der Waals surface area (Å²) in [6.07, 6.45) is 5.60. The summed E-state index contributed by atoms with van der Waals surface area (Å²) in [4.78, 5) is 26.9. The maximum Gasteiger partial charge on any atom is 0.305 e. The van der Waals surface area contributed by atoms with Crippen LogP contribution >= 0.6 is 0 Å². The van der Waals surface area contributed by atoms with Crippen LogP contribution in [0.4, 0.5) is 0 Å². The third kappa shape index (κ3) is 5.29. The largest absolute Gasteiger partial charge is 0.469 e. The van der Waals surface area contributed by atoms with Crippen LogP contribution in [0.2, 0.25) is 0 Å². The molecule has 0 spiro atoms. The second kappa shape index (κ2) is 7.84. The summed E-state index contributed by atoms with van der Waals surface area (Å²) >= 11 is 0. The van der Waals surface area contributed by atoms with E-state index in [0.29, 0.717) is 12.8 Å². The van der Waals surface area contributed by atoms with Crippen molar-refractivity contribution >= 4 is 17.5 Å². The number of Topliss-reactive ketones (excluding diaryl/α,β-unsaturated/α-hetero) is 1. The van der Waals surface area contributed by atoms with Crippen molar-refractivity contribution in [3.8, 4) is 0 Å². The molecular weight excluding hydrogens is 234 g/mol. The summed E-state index contributed by atoms with van der Waals surface area (Å²) in [6, 6.07) is 0. The minimum atomic E-state index is -0.362. The van der Waals surface area contributed by atoms with E-state index in [-0.39, 0.29) is 17.9 Å². The van der Waals surface area contributed by atoms with Gasteiger partial charge in [-0.3, -0.25) is 9.59 Å². The van der Waals surface area contributed by atoms with Crippen LogP contribution in [0.15, 0.2) is 5.16 Å². The van der Waals surface area contributed by atoms with Crippen molar-refractivity contribution in [2.75, 3.05) is 7.11 Å². The molecule has 18 heavy (non-hydrogen) atoms. The Morgan fingerprint density at radius 1 is 1.33 bits per heavy atom. The normalized spacial score (nSPS) is 18.1. The molecule has 0 aliphatic carbocycles. The van der Waals surface area contributed by atoms with E-state index in [9.17, 15) is 9.59 Å². The number of methoxy groups -OCH3 is 1. The van der Waals surface area contributed by atoms with E-state index < -0.39 is 0 Å². The molecule has 0 aromatic heterocycles. The number of carbonyl (C=O) groups is 2. The fourth-order valence-electron chi connectivity index (χ4n) is 1.85. The van der Waals surface area contributed by atoms with Gasteiger partial charge in [0.15, 0.2) is 11.9 Å². The number of carbonyl (C=O) groups excluding carboxylic acids is 2. The zero-order valence-electron chi connectivity index (χ0n) is 11.1. The number of hydrogen-bond acceptors (Lipinski definition) is 5. The van der Waals surface area contributed by atoms with Gasteiger partial charge in [0, 0.05) is 12.8 Å². The van der Waals surface area contributed by atoms with Crippen molar-refractivity contribution in [3.63, 3.8) is 0 Å². The topological polar surface area (TPSA) is 65.0 Å². The molecule has 0 saturated carbocycles. The van der Waals surface area contributed by atoms with Gasteiger partial charge in [-0.05, 0) is 26.2 Å². The number of esters is 1. The number of nitrogens with zero attached hydrogens (tertiary/aromatic N) is 1. The van der Waals surface area contributed by atoms with Gasteiger partial charge in [-0.1, -0.05) is 18.0 Å². The first-order chi connectivity index (χ1) is 8.63. The van der Waals surface area contributed by atoms with Gasteiger partial charge in [-0.15, -0.1) is 0 Å². The van der Waals surface area contributed by atoms with Crippen molar-refractivity contribution in [1.29, 1.82) is 0 Å². The van der Waals surface area contributed by atoms with Crippen molar-refractivity contribution < 1.29 is 19.2 Å². The molecule has 0 aromatic carbocycles. The van der Waals surface area contributed by atoms with Crippen LogP contribution in [0.25, 0.3) is 0 Å². The monoisotopic (exact) mass is 255 g/mol. The Hall–Kier alpha value is -1.39. The molecule has 1 heterocycles. The molecule has 5 heteroatoms. The molecule has 1 aliphatic rings. The van der Waals surface area contributed by atoms with Gasteiger partial charge in [0.2, 0.25) is 0 Å². The predicted octanol–water partition coefficient (Wildman–Crippen LogP) is 2.23. The van der Waals surface area contributed by atoms with Crippen LogP contribution in [-0.4, -0.2) is 30.7 Å². The van der Waals surface area contributed by atoms with Crippen LogP contribution in [0.1, 0.15) is 51.9 Å². The standard InChI is InChI=1S/C13H21NO4/c1-10(15)12-9-11(14-18-12)7-5-3-4-6-8-13(16)17-2/h12H,3-9H2,1-2H3. The SMILES string of the molecule is COC(=O)CCCCCCC1=NOC(C(C)=O)C1. The number of oxime groups is 1. The van der Waals surface area contributed by atoms with Crippen LogP contribution < -0.4 is 0 Å². The summed E-state index contributed by atoms with van der Waals surface area (Å²) in [5, 5.41) is 3.92. The molecule has 1 atom stereocenters. The highest BCUT2D eigenvalue weighted by atomic mass is 16.6. The maximum absolute atomic E-state index is 11.1. The third-order valence-corrected chi connectivity index (χ3v) is 3.01. The van der Waals surface area contributed by atoms with E-state index in [2.05, 4.69) is 9.89 Å². The van der Waals surface area contributed by atoms with Crippen molar-refractivity contribution in [2.24, 2.45) is 5.16 Å². The Kier molecular flexibility index (Phi) is 6.39. The quantitative estimate of drug-likeness (QED) is 0.493. The Morgan fingerprint density at radius 2 is 2.06 bits per heavy atom. The first kappa shape index (κ1) is 14.7.